The maximum Gasteiger partial charge on any atom is 0.135 e. The molecule has 102 valence electrons. The van der Waals surface area contributed by atoms with Crippen LogP contribution in [-0.2, 0) is 4.79 Å². The van der Waals surface area contributed by atoms with Crippen molar-refractivity contribution in [3.63, 3.8) is 0 Å². The number of carboxylic acids is 1. The molecular weight excluding hydrogens is 254 g/mol. The first-order chi connectivity index (χ1) is 9.65. The molecule has 0 spiro atoms. The van der Waals surface area contributed by atoms with Gasteiger partial charge < -0.3 is 20.1 Å². The Bertz CT molecular complexity index is 776. The molecule has 1 atom stereocenters. The van der Waals surface area contributed by atoms with Gasteiger partial charge in [-0.3, -0.25) is 0 Å². The SMILES string of the molecule is [NH3+][C@@H](CCC(=O)[O-])c1ccc2oc3ccccc3c2c1. The van der Waals surface area contributed by atoms with E-state index in [0.29, 0.717) is 6.42 Å². The van der Waals surface area contributed by atoms with Gasteiger partial charge in [0.25, 0.3) is 0 Å². The molecular formula is C16H15NO3. The minimum absolute atomic E-state index is 0.0261. The van der Waals surface area contributed by atoms with Crippen LogP contribution in [0.5, 0.6) is 0 Å². The Labute approximate surface area is 115 Å². The van der Waals surface area contributed by atoms with Gasteiger partial charge in [0.05, 0.1) is 0 Å². The Morgan fingerprint density at radius 2 is 1.90 bits per heavy atom. The molecule has 1 heterocycles. The average molecular weight is 269 g/mol. The summed E-state index contributed by atoms with van der Waals surface area (Å²) in [5.74, 6) is -1.03. The number of carbonyl (C=O) groups excluding carboxylic acids is 1. The summed E-state index contributed by atoms with van der Waals surface area (Å²) in [5, 5.41) is 12.6. The molecule has 0 aliphatic heterocycles. The minimum Gasteiger partial charge on any atom is -0.550 e. The van der Waals surface area contributed by atoms with Crippen LogP contribution in [0.15, 0.2) is 46.9 Å². The maximum atomic E-state index is 10.5. The van der Waals surface area contributed by atoms with E-state index in [4.69, 9.17) is 4.42 Å². The lowest BCUT2D eigenvalue weighted by molar-refractivity contribution is -0.428. The van der Waals surface area contributed by atoms with E-state index in [-0.39, 0.29) is 12.5 Å². The number of hydrogen-bond donors (Lipinski definition) is 1. The van der Waals surface area contributed by atoms with Crippen LogP contribution in [0.3, 0.4) is 0 Å². The van der Waals surface area contributed by atoms with Crippen LogP contribution in [0.4, 0.5) is 0 Å². The molecule has 3 N–H and O–H groups in total. The third-order valence-electron chi connectivity index (χ3n) is 3.57. The highest BCUT2D eigenvalue weighted by Crippen LogP contribution is 2.30. The molecule has 0 bridgehead atoms. The summed E-state index contributed by atoms with van der Waals surface area (Å²) in [5.41, 5.74) is 6.74. The Hall–Kier alpha value is -2.33. The van der Waals surface area contributed by atoms with Crippen molar-refractivity contribution in [1.82, 2.24) is 0 Å². The number of hydrogen-bond acceptors (Lipinski definition) is 3. The molecule has 0 fully saturated rings. The summed E-state index contributed by atoms with van der Waals surface area (Å²) in [6, 6.07) is 13.7. The van der Waals surface area contributed by atoms with Crippen molar-refractivity contribution in [2.75, 3.05) is 0 Å². The molecule has 0 aliphatic carbocycles. The van der Waals surface area contributed by atoms with E-state index in [0.717, 1.165) is 27.5 Å². The normalized spacial score (nSPS) is 12.8. The summed E-state index contributed by atoms with van der Waals surface area (Å²) in [4.78, 5) is 10.5. The zero-order valence-corrected chi connectivity index (χ0v) is 11.0. The number of rotatable bonds is 4. The first-order valence-corrected chi connectivity index (χ1v) is 6.59. The highest BCUT2D eigenvalue weighted by Gasteiger charge is 2.13. The van der Waals surface area contributed by atoms with E-state index < -0.39 is 5.97 Å². The van der Waals surface area contributed by atoms with Gasteiger partial charge in [-0.05, 0) is 30.7 Å². The van der Waals surface area contributed by atoms with Gasteiger partial charge in [-0.1, -0.05) is 18.2 Å². The van der Waals surface area contributed by atoms with Gasteiger partial charge in [0.2, 0.25) is 0 Å². The molecule has 0 saturated heterocycles. The van der Waals surface area contributed by atoms with Crippen LogP contribution in [0.25, 0.3) is 21.9 Å². The monoisotopic (exact) mass is 269 g/mol. The lowest BCUT2D eigenvalue weighted by Crippen LogP contribution is -2.53. The molecule has 0 aliphatic rings. The zero-order valence-electron chi connectivity index (χ0n) is 11.0. The fourth-order valence-electron chi connectivity index (χ4n) is 2.46. The largest absolute Gasteiger partial charge is 0.550 e. The third kappa shape index (κ3) is 2.26. The summed E-state index contributed by atoms with van der Waals surface area (Å²) in [7, 11) is 0. The van der Waals surface area contributed by atoms with Gasteiger partial charge in [-0.2, -0.15) is 0 Å². The van der Waals surface area contributed by atoms with Gasteiger partial charge in [0.1, 0.15) is 17.2 Å². The first kappa shape index (κ1) is 12.7. The Balaban J connectivity index is 2.01. The molecule has 4 heteroatoms. The fourth-order valence-corrected chi connectivity index (χ4v) is 2.46. The summed E-state index contributed by atoms with van der Waals surface area (Å²) in [6.45, 7) is 0. The van der Waals surface area contributed by atoms with Crippen LogP contribution in [-0.4, -0.2) is 5.97 Å². The van der Waals surface area contributed by atoms with Crippen LogP contribution in [0.1, 0.15) is 24.4 Å². The lowest BCUT2D eigenvalue weighted by atomic mass is 10.0. The van der Waals surface area contributed by atoms with Crippen molar-refractivity contribution in [3.8, 4) is 0 Å². The molecule has 1 aromatic heterocycles. The topological polar surface area (TPSA) is 80.9 Å². The molecule has 4 nitrogen and oxygen atoms in total. The quantitative estimate of drug-likeness (QED) is 0.777. The van der Waals surface area contributed by atoms with Crippen molar-refractivity contribution in [2.45, 2.75) is 18.9 Å². The van der Waals surface area contributed by atoms with Gasteiger partial charge in [0.15, 0.2) is 0 Å². The number of para-hydroxylation sites is 1. The highest BCUT2D eigenvalue weighted by molar-refractivity contribution is 6.04. The zero-order chi connectivity index (χ0) is 14.1. The summed E-state index contributed by atoms with van der Waals surface area (Å²) in [6.07, 6.45) is 0.502. The predicted octanol–water partition coefficient (Wildman–Crippen LogP) is 1.40. The van der Waals surface area contributed by atoms with Crippen molar-refractivity contribution in [2.24, 2.45) is 0 Å². The van der Waals surface area contributed by atoms with Gasteiger partial charge >= 0.3 is 0 Å². The lowest BCUT2D eigenvalue weighted by Gasteiger charge is -2.09. The predicted molar refractivity (Wildman–Crippen MR) is 73.6 cm³/mol. The minimum atomic E-state index is -1.03. The molecule has 0 saturated carbocycles. The van der Waals surface area contributed by atoms with Gasteiger partial charge in [0, 0.05) is 28.7 Å². The van der Waals surface area contributed by atoms with Gasteiger partial charge in [-0.25, -0.2) is 0 Å². The molecule has 0 unspecified atom stereocenters. The van der Waals surface area contributed by atoms with E-state index in [1.54, 1.807) is 0 Å². The van der Waals surface area contributed by atoms with E-state index >= 15 is 0 Å². The summed E-state index contributed by atoms with van der Waals surface area (Å²) < 4.78 is 5.76. The number of benzene rings is 2. The smallest absolute Gasteiger partial charge is 0.135 e. The van der Waals surface area contributed by atoms with Crippen molar-refractivity contribution in [1.29, 1.82) is 0 Å². The Morgan fingerprint density at radius 3 is 2.70 bits per heavy atom. The van der Waals surface area contributed by atoms with Crippen LogP contribution in [0, 0.1) is 0 Å². The van der Waals surface area contributed by atoms with E-state index in [9.17, 15) is 9.90 Å². The van der Waals surface area contributed by atoms with E-state index in [2.05, 4.69) is 5.73 Å². The van der Waals surface area contributed by atoms with E-state index in [1.807, 2.05) is 42.5 Å². The molecule has 2 aromatic carbocycles. The second-order valence-electron chi connectivity index (χ2n) is 4.96. The number of fused-ring (bicyclic) bond motifs is 3. The summed E-state index contributed by atoms with van der Waals surface area (Å²) >= 11 is 0. The standard InChI is InChI=1S/C16H15NO3/c17-13(6-8-16(18)19)10-5-7-15-12(9-10)11-3-1-2-4-14(11)20-15/h1-5,7,9,13H,6,8,17H2,(H,18,19)/t13-/m0/s1. The third-order valence-corrected chi connectivity index (χ3v) is 3.57. The van der Waals surface area contributed by atoms with Gasteiger partial charge in [-0.15, -0.1) is 0 Å². The highest BCUT2D eigenvalue weighted by atomic mass is 16.4. The van der Waals surface area contributed by atoms with E-state index in [1.165, 1.54) is 0 Å². The molecule has 3 aromatic rings. The Kier molecular flexibility index (Phi) is 3.16. The van der Waals surface area contributed by atoms with Crippen molar-refractivity contribution >= 4 is 27.9 Å². The number of carbonyl (C=O) groups is 1. The second-order valence-corrected chi connectivity index (χ2v) is 4.96. The number of quaternary nitrogens is 1. The van der Waals surface area contributed by atoms with Crippen LogP contribution in [0.2, 0.25) is 0 Å². The molecule has 20 heavy (non-hydrogen) atoms. The Morgan fingerprint density at radius 1 is 1.15 bits per heavy atom. The average Bonchev–Trinajstić information content (AvgIpc) is 2.82. The van der Waals surface area contributed by atoms with Crippen molar-refractivity contribution < 1.29 is 20.1 Å². The number of furan rings is 1. The second kappa shape index (κ2) is 4.98. The first-order valence-electron chi connectivity index (χ1n) is 6.59. The fraction of sp³-hybridized carbons (Fsp3) is 0.188. The maximum absolute atomic E-state index is 10.5. The van der Waals surface area contributed by atoms with Crippen molar-refractivity contribution in [3.05, 3.63) is 48.0 Å². The molecule has 3 rings (SSSR count). The molecule has 0 radical (unpaired) electrons. The number of carboxylic acid groups (broad SMARTS) is 1. The van der Waals surface area contributed by atoms with Crippen LogP contribution >= 0.6 is 0 Å². The number of aliphatic carboxylic acids is 1. The van der Waals surface area contributed by atoms with Crippen LogP contribution < -0.4 is 10.8 Å². The molecule has 0 amide bonds.